The zero-order valence-corrected chi connectivity index (χ0v) is 15.0. The van der Waals surface area contributed by atoms with Gasteiger partial charge in [-0.3, -0.25) is 4.90 Å². The fourth-order valence-electron chi connectivity index (χ4n) is 3.69. The van der Waals surface area contributed by atoms with E-state index in [4.69, 9.17) is 0 Å². The average molecular weight is 305 g/mol. The molecule has 0 aliphatic carbocycles. The lowest BCUT2D eigenvalue weighted by atomic mass is 9.77. The number of piperidine rings is 1. The topological polar surface area (TPSA) is 45.2 Å². The van der Waals surface area contributed by atoms with E-state index in [9.17, 15) is 0 Å². The van der Waals surface area contributed by atoms with Gasteiger partial charge in [-0.05, 0) is 54.0 Å². The van der Waals surface area contributed by atoms with E-state index < -0.39 is 0 Å². The lowest BCUT2D eigenvalue weighted by Gasteiger charge is -2.55. The van der Waals surface area contributed by atoms with E-state index in [0.717, 1.165) is 25.3 Å². The first-order chi connectivity index (χ1) is 10.3. The van der Waals surface area contributed by atoms with Crippen molar-refractivity contribution in [3.05, 3.63) is 12.7 Å². The third-order valence-corrected chi connectivity index (χ3v) is 5.22. The van der Waals surface area contributed by atoms with Crippen molar-refractivity contribution in [3.63, 3.8) is 0 Å². The summed E-state index contributed by atoms with van der Waals surface area (Å²) in [6, 6.07) is 0.468. The van der Waals surface area contributed by atoms with Gasteiger partial charge >= 0.3 is 0 Å². The number of rotatable bonds is 5. The first-order valence-corrected chi connectivity index (χ1v) is 8.40. The molecule has 0 unspecified atom stereocenters. The molecule has 0 atom stereocenters. The molecule has 0 amide bonds. The van der Waals surface area contributed by atoms with Crippen LogP contribution in [0.25, 0.3) is 0 Å². The molecule has 0 aromatic carbocycles. The van der Waals surface area contributed by atoms with Crippen LogP contribution in [0.15, 0.2) is 12.7 Å². The predicted octanol–water partition coefficient (Wildman–Crippen LogP) is 3.13. The van der Waals surface area contributed by atoms with E-state index in [0.29, 0.717) is 6.04 Å². The monoisotopic (exact) mass is 305 g/mol. The van der Waals surface area contributed by atoms with Crippen LogP contribution in [-0.2, 0) is 0 Å². The lowest BCUT2D eigenvalue weighted by Crippen LogP contribution is -2.63. The number of nitrogens with zero attached hydrogens (tertiary/aromatic N) is 5. The van der Waals surface area contributed by atoms with Crippen molar-refractivity contribution >= 4 is 5.95 Å². The van der Waals surface area contributed by atoms with Crippen molar-refractivity contribution in [1.29, 1.82) is 0 Å². The molecule has 1 aromatic rings. The summed E-state index contributed by atoms with van der Waals surface area (Å²) in [5, 5.41) is 0. The summed E-state index contributed by atoms with van der Waals surface area (Å²) in [6.45, 7) is 12.6. The highest BCUT2D eigenvalue weighted by Gasteiger charge is 2.45. The van der Waals surface area contributed by atoms with Gasteiger partial charge in [-0.15, -0.1) is 0 Å². The van der Waals surface area contributed by atoms with Crippen LogP contribution in [0.3, 0.4) is 0 Å². The van der Waals surface area contributed by atoms with Gasteiger partial charge in [0, 0.05) is 23.7 Å². The largest absolute Gasteiger partial charge is 0.338 e. The minimum absolute atomic E-state index is 0.171. The Balaban J connectivity index is 2.27. The van der Waals surface area contributed by atoms with Crippen molar-refractivity contribution in [1.82, 2.24) is 19.9 Å². The molecule has 1 aromatic heterocycles. The average Bonchev–Trinajstić information content (AvgIpc) is 2.46. The Morgan fingerprint density at radius 1 is 1.14 bits per heavy atom. The number of likely N-dealkylation sites (tertiary alicyclic amines) is 1. The van der Waals surface area contributed by atoms with Crippen molar-refractivity contribution in [2.75, 3.05) is 18.5 Å². The van der Waals surface area contributed by atoms with Gasteiger partial charge in [0.05, 0.1) is 0 Å². The summed E-state index contributed by atoms with van der Waals surface area (Å²) in [5.41, 5.74) is 0.341. The van der Waals surface area contributed by atoms with Gasteiger partial charge in [-0.2, -0.15) is 0 Å². The minimum atomic E-state index is 0.171. The number of aromatic nitrogens is 3. The van der Waals surface area contributed by atoms with E-state index in [1.54, 1.807) is 12.7 Å². The Bertz CT molecular complexity index is 453. The second kappa shape index (κ2) is 6.49. The summed E-state index contributed by atoms with van der Waals surface area (Å²) in [7, 11) is 2.25. The van der Waals surface area contributed by atoms with Gasteiger partial charge < -0.3 is 4.90 Å². The quantitative estimate of drug-likeness (QED) is 0.836. The Kier molecular flexibility index (Phi) is 5.05. The van der Waals surface area contributed by atoms with E-state index in [-0.39, 0.29) is 11.1 Å². The summed E-state index contributed by atoms with van der Waals surface area (Å²) in [5.74, 6) is 0.824. The summed E-state index contributed by atoms with van der Waals surface area (Å²) in [4.78, 5) is 17.7. The number of hydrogen-bond donors (Lipinski definition) is 0. The zero-order valence-electron chi connectivity index (χ0n) is 15.0. The zero-order chi connectivity index (χ0) is 16.4. The SMILES string of the molecule is CCCCN(c1ncncn1)C1CC(C)(C)N(C)C(C)(C)C1. The molecule has 124 valence electrons. The first kappa shape index (κ1) is 17.1. The van der Waals surface area contributed by atoms with Gasteiger partial charge in [-0.1, -0.05) is 13.3 Å². The molecule has 0 N–H and O–H groups in total. The molecule has 1 aliphatic rings. The molecule has 0 bridgehead atoms. The molecular formula is C17H31N5. The molecule has 0 radical (unpaired) electrons. The van der Waals surface area contributed by atoms with Gasteiger partial charge in [0.15, 0.2) is 0 Å². The first-order valence-electron chi connectivity index (χ1n) is 8.40. The Morgan fingerprint density at radius 2 is 1.68 bits per heavy atom. The highest BCUT2D eigenvalue weighted by Crippen LogP contribution is 2.39. The molecule has 1 aliphatic heterocycles. The van der Waals surface area contributed by atoms with Crippen LogP contribution in [0.1, 0.15) is 60.3 Å². The Hall–Kier alpha value is -1.23. The van der Waals surface area contributed by atoms with Crippen molar-refractivity contribution < 1.29 is 0 Å². The van der Waals surface area contributed by atoms with Crippen molar-refractivity contribution in [2.45, 2.75) is 77.4 Å². The normalized spacial score (nSPS) is 21.7. The Labute approximate surface area is 135 Å². The molecule has 1 saturated heterocycles. The van der Waals surface area contributed by atoms with Crippen LogP contribution in [0.4, 0.5) is 5.95 Å². The minimum Gasteiger partial charge on any atom is -0.338 e. The maximum absolute atomic E-state index is 4.41. The highest BCUT2D eigenvalue weighted by molar-refractivity contribution is 5.31. The van der Waals surface area contributed by atoms with Gasteiger partial charge in [0.1, 0.15) is 12.7 Å². The fraction of sp³-hybridized carbons (Fsp3) is 0.824. The summed E-state index contributed by atoms with van der Waals surface area (Å²) in [6.07, 6.45) is 7.81. The van der Waals surface area contributed by atoms with Crippen LogP contribution in [0.5, 0.6) is 0 Å². The fourth-order valence-corrected chi connectivity index (χ4v) is 3.69. The van der Waals surface area contributed by atoms with E-state index in [2.05, 4.69) is 66.4 Å². The molecule has 5 heteroatoms. The second-order valence-corrected chi connectivity index (χ2v) is 7.73. The molecular weight excluding hydrogens is 274 g/mol. The molecule has 1 fully saturated rings. The van der Waals surface area contributed by atoms with Crippen LogP contribution in [-0.4, -0.2) is 50.6 Å². The molecule has 0 spiro atoms. The van der Waals surface area contributed by atoms with Crippen molar-refractivity contribution in [3.8, 4) is 0 Å². The van der Waals surface area contributed by atoms with Crippen LogP contribution in [0.2, 0.25) is 0 Å². The third kappa shape index (κ3) is 3.57. The number of unbranched alkanes of at least 4 members (excludes halogenated alkanes) is 1. The standard InChI is InChI=1S/C17H31N5/c1-7-8-9-22(15-19-12-18-13-20-15)14-10-16(2,3)21(6)17(4,5)11-14/h12-14H,7-11H2,1-6H3. The van der Waals surface area contributed by atoms with Crippen LogP contribution < -0.4 is 4.90 Å². The van der Waals surface area contributed by atoms with E-state index in [1.807, 2.05) is 0 Å². The molecule has 22 heavy (non-hydrogen) atoms. The number of anilines is 1. The van der Waals surface area contributed by atoms with Gasteiger partial charge in [0.25, 0.3) is 0 Å². The van der Waals surface area contributed by atoms with E-state index >= 15 is 0 Å². The van der Waals surface area contributed by atoms with E-state index in [1.165, 1.54) is 12.8 Å². The third-order valence-electron chi connectivity index (χ3n) is 5.22. The Morgan fingerprint density at radius 3 is 2.18 bits per heavy atom. The maximum Gasteiger partial charge on any atom is 0.228 e. The molecule has 2 heterocycles. The van der Waals surface area contributed by atoms with Gasteiger partial charge in [-0.25, -0.2) is 15.0 Å². The molecule has 2 rings (SSSR count). The highest BCUT2D eigenvalue weighted by atomic mass is 15.3. The summed E-state index contributed by atoms with van der Waals surface area (Å²) < 4.78 is 0. The van der Waals surface area contributed by atoms with Crippen LogP contribution in [0, 0.1) is 0 Å². The second-order valence-electron chi connectivity index (χ2n) is 7.73. The number of hydrogen-bond acceptors (Lipinski definition) is 5. The lowest BCUT2D eigenvalue weighted by molar-refractivity contribution is -0.0129. The molecule has 0 saturated carbocycles. The smallest absolute Gasteiger partial charge is 0.228 e. The summed E-state index contributed by atoms with van der Waals surface area (Å²) >= 11 is 0. The van der Waals surface area contributed by atoms with Crippen LogP contribution >= 0.6 is 0 Å². The van der Waals surface area contributed by atoms with Gasteiger partial charge in [0.2, 0.25) is 5.95 Å². The van der Waals surface area contributed by atoms with Crippen molar-refractivity contribution in [2.24, 2.45) is 0 Å². The molecule has 5 nitrogen and oxygen atoms in total. The predicted molar refractivity (Wildman–Crippen MR) is 91.0 cm³/mol. The maximum atomic E-state index is 4.41.